The predicted molar refractivity (Wildman–Crippen MR) is 103 cm³/mol. The molecule has 6 nitrogen and oxygen atoms in total. The lowest BCUT2D eigenvalue weighted by Gasteiger charge is -2.09. The molecule has 3 aromatic heterocycles. The van der Waals surface area contributed by atoms with Crippen LogP contribution in [0.15, 0.2) is 42.9 Å². The largest absolute Gasteiger partial charge is 0.321 e. The summed E-state index contributed by atoms with van der Waals surface area (Å²) in [5.74, 6) is 0.509. The summed E-state index contributed by atoms with van der Waals surface area (Å²) in [4.78, 5) is 26.4. The number of imidazole rings is 1. The van der Waals surface area contributed by atoms with Gasteiger partial charge in [0.1, 0.15) is 4.88 Å². The SMILES string of the molecule is Cc1nc(C)c(C(=O)Nc2cc(-c3cn4cccnc4n3)ccc2C)s1. The zero-order valence-electron chi connectivity index (χ0n) is 14.6. The van der Waals surface area contributed by atoms with E-state index < -0.39 is 0 Å². The molecular weight excluding hydrogens is 346 g/mol. The third-order valence-corrected chi connectivity index (χ3v) is 5.20. The minimum Gasteiger partial charge on any atom is -0.321 e. The highest BCUT2D eigenvalue weighted by Crippen LogP contribution is 2.26. The lowest BCUT2D eigenvalue weighted by molar-refractivity contribution is 0.102. The number of nitrogens with zero attached hydrogens (tertiary/aromatic N) is 4. The molecule has 0 aliphatic rings. The minimum absolute atomic E-state index is 0.134. The third kappa shape index (κ3) is 2.97. The van der Waals surface area contributed by atoms with E-state index >= 15 is 0 Å². The van der Waals surface area contributed by atoms with Gasteiger partial charge in [-0.2, -0.15) is 0 Å². The van der Waals surface area contributed by atoms with Crippen LogP contribution in [0.1, 0.15) is 25.9 Å². The molecule has 26 heavy (non-hydrogen) atoms. The lowest BCUT2D eigenvalue weighted by atomic mass is 10.1. The molecule has 0 atom stereocenters. The average molecular weight is 363 g/mol. The van der Waals surface area contributed by atoms with Crippen LogP contribution in [0.4, 0.5) is 5.69 Å². The minimum atomic E-state index is -0.134. The highest BCUT2D eigenvalue weighted by molar-refractivity contribution is 7.13. The number of nitrogens with one attached hydrogen (secondary N) is 1. The Labute approximate surface area is 154 Å². The molecule has 130 valence electrons. The van der Waals surface area contributed by atoms with Crippen molar-refractivity contribution in [1.82, 2.24) is 19.4 Å². The van der Waals surface area contributed by atoms with E-state index in [9.17, 15) is 4.79 Å². The van der Waals surface area contributed by atoms with Crippen LogP contribution in [0.3, 0.4) is 0 Å². The second kappa shape index (κ2) is 6.34. The Morgan fingerprint density at radius 1 is 1.19 bits per heavy atom. The van der Waals surface area contributed by atoms with E-state index in [-0.39, 0.29) is 5.91 Å². The number of carbonyl (C=O) groups is 1. The number of hydrogen-bond acceptors (Lipinski definition) is 5. The fourth-order valence-electron chi connectivity index (χ4n) is 2.81. The van der Waals surface area contributed by atoms with Crippen molar-refractivity contribution in [2.75, 3.05) is 5.32 Å². The Morgan fingerprint density at radius 2 is 2.04 bits per heavy atom. The molecule has 1 N–H and O–H groups in total. The number of fused-ring (bicyclic) bond motifs is 1. The summed E-state index contributed by atoms with van der Waals surface area (Å²) in [5, 5.41) is 3.89. The molecule has 0 fully saturated rings. The molecule has 0 aliphatic carbocycles. The molecule has 0 spiro atoms. The Balaban J connectivity index is 1.68. The predicted octanol–water partition coefficient (Wildman–Crippen LogP) is 4.03. The number of aryl methyl sites for hydroxylation is 3. The van der Waals surface area contributed by atoms with Crippen molar-refractivity contribution in [3.63, 3.8) is 0 Å². The molecule has 0 bridgehead atoms. The first-order chi connectivity index (χ1) is 12.5. The lowest BCUT2D eigenvalue weighted by Crippen LogP contribution is -2.12. The maximum atomic E-state index is 12.6. The van der Waals surface area contributed by atoms with E-state index in [1.54, 1.807) is 6.20 Å². The highest BCUT2D eigenvalue weighted by Gasteiger charge is 2.15. The highest BCUT2D eigenvalue weighted by atomic mass is 32.1. The Kier molecular flexibility index (Phi) is 4.00. The van der Waals surface area contributed by atoms with Gasteiger partial charge in [0.2, 0.25) is 5.78 Å². The smallest absolute Gasteiger partial charge is 0.267 e. The molecule has 1 aromatic carbocycles. The van der Waals surface area contributed by atoms with Crippen LogP contribution in [0, 0.1) is 20.8 Å². The van der Waals surface area contributed by atoms with Gasteiger partial charge in [-0.3, -0.25) is 9.20 Å². The molecule has 0 saturated heterocycles. The number of carbonyl (C=O) groups excluding carboxylic acids is 1. The Morgan fingerprint density at radius 3 is 2.77 bits per heavy atom. The first-order valence-corrected chi connectivity index (χ1v) is 8.99. The van der Waals surface area contributed by atoms with Gasteiger partial charge in [-0.1, -0.05) is 12.1 Å². The van der Waals surface area contributed by atoms with Crippen LogP contribution >= 0.6 is 11.3 Å². The Bertz CT molecular complexity index is 1100. The van der Waals surface area contributed by atoms with Crippen LogP contribution < -0.4 is 5.32 Å². The molecule has 0 aliphatic heterocycles. The fraction of sp³-hybridized carbons (Fsp3) is 0.158. The van der Waals surface area contributed by atoms with Crippen LogP contribution in [0.5, 0.6) is 0 Å². The van der Waals surface area contributed by atoms with Crippen molar-refractivity contribution in [3.05, 3.63) is 64.0 Å². The van der Waals surface area contributed by atoms with Crippen molar-refractivity contribution < 1.29 is 4.79 Å². The first-order valence-electron chi connectivity index (χ1n) is 8.17. The van der Waals surface area contributed by atoms with Crippen molar-refractivity contribution in [2.45, 2.75) is 20.8 Å². The van der Waals surface area contributed by atoms with E-state index in [1.807, 2.05) is 61.8 Å². The quantitative estimate of drug-likeness (QED) is 0.596. The van der Waals surface area contributed by atoms with Gasteiger partial charge in [-0.25, -0.2) is 15.0 Å². The Hall–Kier alpha value is -3.06. The number of benzene rings is 1. The summed E-state index contributed by atoms with van der Waals surface area (Å²) in [6, 6.07) is 7.78. The second-order valence-corrected chi connectivity index (χ2v) is 7.29. The number of hydrogen-bond donors (Lipinski definition) is 1. The van der Waals surface area contributed by atoms with Gasteiger partial charge in [-0.05, 0) is 38.5 Å². The number of rotatable bonds is 3. The number of thiazole rings is 1. The van der Waals surface area contributed by atoms with E-state index in [4.69, 9.17) is 0 Å². The van der Waals surface area contributed by atoms with Gasteiger partial charge in [0.05, 0.1) is 16.4 Å². The van der Waals surface area contributed by atoms with E-state index in [0.717, 1.165) is 33.2 Å². The van der Waals surface area contributed by atoms with Gasteiger partial charge >= 0.3 is 0 Å². The van der Waals surface area contributed by atoms with Gasteiger partial charge in [0.25, 0.3) is 5.91 Å². The monoisotopic (exact) mass is 363 g/mol. The third-order valence-electron chi connectivity index (χ3n) is 4.13. The normalized spacial score (nSPS) is 11.0. The van der Waals surface area contributed by atoms with E-state index in [1.165, 1.54) is 11.3 Å². The number of amides is 1. The van der Waals surface area contributed by atoms with Gasteiger partial charge in [0.15, 0.2) is 0 Å². The van der Waals surface area contributed by atoms with Crippen molar-refractivity contribution >= 4 is 28.7 Å². The summed E-state index contributed by atoms with van der Waals surface area (Å²) >= 11 is 1.40. The van der Waals surface area contributed by atoms with Gasteiger partial charge in [-0.15, -0.1) is 11.3 Å². The molecule has 1 amide bonds. The molecule has 4 rings (SSSR count). The average Bonchev–Trinajstić information content (AvgIpc) is 3.19. The van der Waals surface area contributed by atoms with Crippen molar-refractivity contribution in [1.29, 1.82) is 0 Å². The standard InChI is InChI=1S/C19H17N5OS/c1-11-5-6-14(16-10-24-8-4-7-20-19(24)23-16)9-15(11)22-18(25)17-12(2)21-13(3)26-17/h4-10H,1-3H3,(H,22,25). The molecule has 0 saturated carbocycles. The molecule has 7 heteroatoms. The zero-order chi connectivity index (χ0) is 18.3. The fourth-order valence-corrected chi connectivity index (χ4v) is 3.62. The van der Waals surface area contributed by atoms with Crippen LogP contribution in [-0.2, 0) is 0 Å². The van der Waals surface area contributed by atoms with E-state index in [2.05, 4.69) is 20.3 Å². The summed E-state index contributed by atoms with van der Waals surface area (Å²) in [5.41, 5.74) is 4.24. The van der Waals surface area contributed by atoms with Gasteiger partial charge < -0.3 is 5.32 Å². The molecule has 0 radical (unpaired) electrons. The summed E-state index contributed by atoms with van der Waals surface area (Å²) in [6.45, 7) is 5.72. The van der Waals surface area contributed by atoms with Crippen molar-refractivity contribution in [2.24, 2.45) is 0 Å². The van der Waals surface area contributed by atoms with Crippen LogP contribution in [0.25, 0.3) is 17.0 Å². The van der Waals surface area contributed by atoms with Crippen LogP contribution in [-0.4, -0.2) is 25.3 Å². The van der Waals surface area contributed by atoms with Gasteiger partial charge in [0, 0.05) is 29.8 Å². The number of anilines is 1. The maximum absolute atomic E-state index is 12.6. The summed E-state index contributed by atoms with van der Waals surface area (Å²) in [7, 11) is 0. The van der Waals surface area contributed by atoms with E-state index in [0.29, 0.717) is 10.7 Å². The van der Waals surface area contributed by atoms with Crippen molar-refractivity contribution in [3.8, 4) is 11.3 Å². The maximum Gasteiger partial charge on any atom is 0.267 e. The topological polar surface area (TPSA) is 72.2 Å². The zero-order valence-corrected chi connectivity index (χ0v) is 15.5. The summed E-state index contributed by atoms with van der Waals surface area (Å²) < 4.78 is 1.87. The molecule has 3 heterocycles. The van der Waals surface area contributed by atoms with Crippen LogP contribution in [0.2, 0.25) is 0 Å². The molecule has 0 unspecified atom stereocenters. The second-order valence-electron chi connectivity index (χ2n) is 6.08. The first kappa shape index (κ1) is 16.4. The summed E-state index contributed by atoms with van der Waals surface area (Å²) in [6.07, 6.45) is 5.55. The molecular formula is C19H17N5OS. The number of aromatic nitrogens is 4. The molecule has 4 aromatic rings.